The molecular formula is C15H19N3OS. The molecule has 0 bridgehead atoms. The summed E-state index contributed by atoms with van der Waals surface area (Å²) in [5.41, 5.74) is 9.93. The molecule has 1 amide bonds. The van der Waals surface area contributed by atoms with Crippen LogP contribution < -0.4 is 5.73 Å². The molecule has 4 nitrogen and oxygen atoms in total. The number of thiazole rings is 1. The monoisotopic (exact) mass is 289 g/mol. The van der Waals surface area contributed by atoms with Gasteiger partial charge in [0.2, 0.25) is 0 Å². The largest absolute Gasteiger partial charge is 0.375 e. The SMILES string of the molecule is Cc1ccc(CN(C)C(=O)c2sc(N)nc2C)c(C)c1. The Hall–Kier alpha value is -1.88. The van der Waals surface area contributed by atoms with Crippen molar-refractivity contribution in [2.45, 2.75) is 27.3 Å². The van der Waals surface area contributed by atoms with Crippen molar-refractivity contribution < 1.29 is 4.79 Å². The zero-order valence-corrected chi connectivity index (χ0v) is 13.0. The fraction of sp³-hybridized carbons (Fsp3) is 0.333. The van der Waals surface area contributed by atoms with E-state index in [1.54, 1.807) is 11.9 Å². The zero-order valence-electron chi connectivity index (χ0n) is 12.2. The molecule has 1 heterocycles. The molecule has 20 heavy (non-hydrogen) atoms. The molecular weight excluding hydrogens is 270 g/mol. The van der Waals surface area contributed by atoms with Crippen LogP contribution in [-0.4, -0.2) is 22.8 Å². The molecule has 0 unspecified atom stereocenters. The van der Waals surface area contributed by atoms with E-state index in [-0.39, 0.29) is 5.91 Å². The van der Waals surface area contributed by atoms with Gasteiger partial charge in [-0.1, -0.05) is 35.1 Å². The Morgan fingerprint density at radius 2 is 2.05 bits per heavy atom. The fourth-order valence-corrected chi connectivity index (χ4v) is 2.97. The summed E-state index contributed by atoms with van der Waals surface area (Å²) in [6.07, 6.45) is 0. The van der Waals surface area contributed by atoms with Crippen molar-refractivity contribution in [2.24, 2.45) is 0 Å². The van der Waals surface area contributed by atoms with E-state index >= 15 is 0 Å². The minimum Gasteiger partial charge on any atom is -0.375 e. The maximum atomic E-state index is 12.4. The standard InChI is InChI=1S/C15H19N3OS/c1-9-5-6-12(10(2)7-9)8-18(4)14(19)13-11(3)17-15(16)20-13/h5-7H,8H2,1-4H3,(H2,16,17). The molecule has 0 fully saturated rings. The Labute approximate surface area is 123 Å². The number of carbonyl (C=O) groups excluding carboxylic acids is 1. The third-order valence-electron chi connectivity index (χ3n) is 3.26. The Morgan fingerprint density at radius 3 is 2.60 bits per heavy atom. The number of nitrogen functional groups attached to an aromatic ring is 1. The fourth-order valence-electron chi connectivity index (χ4n) is 2.14. The van der Waals surface area contributed by atoms with Gasteiger partial charge < -0.3 is 10.6 Å². The van der Waals surface area contributed by atoms with E-state index in [4.69, 9.17) is 5.73 Å². The highest BCUT2D eigenvalue weighted by molar-refractivity contribution is 7.17. The molecule has 1 aromatic carbocycles. The first-order chi connectivity index (χ1) is 9.38. The quantitative estimate of drug-likeness (QED) is 0.945. The molecule has 0 atom stereocenters. The van der Waals surface area contributed by atoms with Gasteiger partial charge >= 0.3 is 0 Å². The second-order valence-corrected chi connectivity index (χ2v) is 6.09. The van der Waals surface area contributed by atoms with E-state index in [1.165, 1.54) is 22.5 Å². The third-order valence-corrected chi connectivity index (χ3v) is 4.23. The van der Waals surface area contributed by atoms with Gasteiger partial charge in [-0.05, 0) is 31.9 Å². The summed E-state index contributed by atoms with van der Waals surface area (Å²) in [6, 6.07) is 6.27. The summed E-state index contributed by atoms with van der Waals surface area (Å²) in [4.78, 5) is 18.8. The van der Waals surface area contributed by atoms with Crippen LogP contribution in [0.3, 0.4) is 0 Å². The van der Waals surface area contributed by atoms with Gasteiger partial charge in [0.25, 0.3) is 5.91 Å². The predicted octanol–water partition coefficient (Wildman–Crippen LogP) is 2.92. The Kier molecular flexibility index (Phi) is 4.09. The van der Waals surface area contributed by atoms with Crippen LogP contribution in [-0.2, 0) is 6.54 Å². The van der Waals surface area contributed by atoms with Gasteiger partial charge in [-0.2, -0.15) is 0 Å². The third kappa shape index (κ3) is 2.99. The molecule has 0 saturated carbocycles. The Balaban J connectivity index is 2.17. The van der Waals surface area contributed by atoms with Gasteiger partial charge in [0.1, 0.15) is 4.88 Å². The molecule has 0 aliphatic heterocycles. The second kappa shape index (κ2) is 5.63. The van der Waals surface area contributed by atoms with E-state index in [0.29, 0.717) is 22.2 Å². The average Bonchev–Trinajstić information content (AvgIpc) is 2.71. The van der Waals surface area contributed by atoms with Crippen LogP contribution in [0, 0.1) is 20.8 Å². The Morgan fingerprint density at radius 1 is 1.35 bits per heavy atom. The van der Waals surface area contributed by atoms with Gasteiger partial charge in [-0.15, -0.1) is 0 Å². The number of hydrogen-bond donors (Lipinski definition) is 1. The molecule has 0 aliphatic carbocycles. The summed E-state index contributed by atoms with van der Waals surface area (Å²) < 4.78 is 0. The molecule has 0 saturated heterocycles. The molecule has 2 N–H and O–H groups in total. The molecule has 2 aromatic rings. The summed E-state index contributed by atoms with van der Waals surface area (Å²) in [7, 11) is 1.80. The van der Waals surface area contributed by atoms with Crippen molar-refractivity contribution >= 4 is 22.4 Å². The van der Waals surface area contributed by atoms with Gasteiger partial charge in [0, 0.05) is 13.6 Å². The summed E-state index contributed by atoms with van der Waals surface area (Å²) in [5.74, 6) is -0.0309. The smallest absolute Gasteiger partial charge is 0.265 e. The second-order valence-electron chi connectivity index (χ2n) is 5.06. The van der Waals surface area contributed by atoms with E-state index in [0.717, 1.165) is 5.56 Å². The maximum Gasteiger partial charge on any atom is 0.265 e. The normalized spacial score (nSPS) is 10.6. The highest BCUT2D eigenvalue weighted by atomic mass is 32.1. The zero-order chi connectivity index (χ0) is 14.9. The molecule has 1 aromatic heterocycles. The lowest BCUT2D eigenvalue weighted by molar-refractivity contribution is 0.0789. The number of carbonyl (C=O) groups is 1. The molecule has 5 heteroatoms. The van der Waals surface area contributed by atoms with E-state index in [9.17, 15) is 4.79 Å². The summed E-state index contributed by atoms with van der Waals surface area (Å²) in [5, 5.41) is 0.436. The van der Waals surface area contributed by atoms with Gasteiger partial charge in [0.05, 0.1) is 5.69 Å². The van der Waals surface area contributed by atoms with Gasteiger partial charge in [-0.3, -0.25) is 4.79 Å². The highest BCUT2D eigenvalue weighted by Crippen LogP contribution is 2.22. The van der Waals surface area contributed by atoms with Crippen molar-refractivity contribution in [3.8, 4) is 0 Å². The van der Waals surface area contributed by atoms with Crippen LogP contribution in [0.15, 0.2) is 18.2 Å². The van der Waals surface area contributed by atoms with E-state index in [2.05, 4.69) is 37.0 Å². The lowest BCUT2D eigenvalue weighted by Gasteiger charge is -2.18. The molecule has 0 spiro atoms. The minimum atomic E-state index is -0.0309. The molecule has 106 valence electrons. The van der Waals surface area contributed by atoms with E-state index in [1.807, 2.05) is 6.92 Å². The van der Waals surface area contributed by atoms with Crippen molar-refractivity contribution in [3.05, 3.63) is 45.5 Å². The molecule has 0 aliphatic rings. The lowest BCUT2D eigenvalue weighted by Crippen LogP contribution is -2.26. The van der Waals surface area contributed by atoms with Crippen molar-refractivity contribution in [2.75, 3.05) is 12.8 Å². The number of benzene rings is 1. The number of hydrogen-bond acceptors (Lipinski definition) is 4. The summed E-state index contributed by atoms with van der Waals surface area (Å²) >= 11 is 1.24. The molecule has 2 rings (SSSR count). The Bertz CT molecular complexity index is 649. The number of amides is 1. The van der Waals surface area contributed by atoms with E-state index < -0.39 is 0 Å². The van der Waals surface area contributed by atoms with Crippen LogP contribution >= 0.6 is 11.3 Å². The number of nitrogens with two attached hydrogens (primary N) is 1. The minimum absolute atomic E-state index is 0.0309. The number of rotatable bonds is 3. The van der Waals surface area contributed by atoms with Crippen molar-refractivity contribution in [3.63, 3.8) is 0 Å². The van der Waals surface area contributed by atoms with Crippen molar-refractivity contribution in [1.29, 1.82) is 0 Å². The molecule has 0 radical (unpaired) electrons. The maximum absolute atomic E-state index is 12.4. The van der Waals surface area contributed by atoms with Gasteiger partial charge in [0.15, 0.2) is 5.13 Å². The number of nitrogens with zero attached hydrogens (tertiary/aromatic N) is 2. The van der Waals surface area contributed by atoms with Crippen LogP contribution in [0.1, 0.15) is 32.1 Å². The number of aryl methyl sites for hydroxylation is 3. The highest BCUT2D eigenvalue weighted by Gasteiger charge is 2.18. The first-order valence-corrected chi connectivity index (χ1v) is 7.24. The number of aromatic nitrogens is 1. The average molecular weight is 289 g/mol. The predicted molar refractivity (Wildman–Crippen MR) is 83.0 cm³/mol. The lowest BCUT2D eigenvalue weighted by atomic mass is 10.1. The van der Waals surface area contributed by atoms with Crippen molar-refractivity contribution in [1.82, 2.24) is 9.88 Å². The van der Waals surface area contributed by atoms with Crippen LogP contribution in [0.5, 0.6) is 0 Å². The van der Waals surface area contributed by atoms with Gasteiger partial charge in [-0.25, -0.2) is 4.98 Å². The summed E-state index contributed by atoms with van der Waals surface area (Å²) in [6.45, 7) is 6.53. The number of anilines is 1. The van der Waals surface area contributed by atoms with Crippen LogP contribution in [0.4, 0.5) is 5.13 Å². The first kappa shape index (κ1) is 14.5. The van der Waals surface area contributed by atoms with Crippen LogP contribution in [0.25, 0.3) is 0 Å². The first-order valence-electron chi connectivity index (χ1n) is 6.43. The topological polar surface area (TPSA) is 59.2 Å². The van der Waals surface area contributed by atoms with Crippen LogP contribution in [0.2, 0.25) is 0 Å².